The van der Waals surface area contributed by atoms with E-state index >= 15 is 0 Å². The lowest BCUT2D eigenvalue weighted by atomic mass is 10.2. The molecule has 1 amide bonds. The number of hydrogen-bond acceptors (Lipinski definition) is 4. The summed E-state index contributed by atoms with van der Waals surface area (Å²) in [6, 6.07) is 7.91. The van der Waals surface area contributed by atoms with Gasteiger partial charge in [-0.3, -0.25) is 4.79 Å². The summed E-state index contributed by atoms with van der Waals surface area (Å²) in [5.41, 5.74) is 0.351. The lowest BCUT2D eigenvalue weighted by Crippen LogP contribution is -2.18. The molecule has 0 spiro atoms. The maximum Gasteiger partial charge on any atom is 0.229 e. The molecule has 1 N–H and O–H groups in total. The minimum absolute atomic E-state index is 0.0646. The molecule has 3 rings (SSSR count). The minimum Gasteiger partial charge on any atom is -0.489 e. The molecule has 23 heavy (non-hydrogen) atoms. The maximum absolute atomic E-state index is 13.5. The Morgan fingerprint density at radius 2 is 2.35 bits per heavy atom. The second kappa shape index (κ2) is 7.57. The van der Waals surface area contributed by atoms with Crippen LogP contribution in [-0.4, -0.2) is 25.2 Å². The Kier molecular flexibility index (Phi) is 5.25. The Morgan fingerprint density at radius 1 is 1.43 bits per heavy atom. The second-order valence-electron chi connectivity index (χ2n) is 5.39. The van der Waals surface area contributed by atoms with Crippen LogP contribution in [0.4, 0.5) is 10.1 Å². The van der Waals surface area contributed by atoms with Crippen LogP contribution in [-0.2, 0) is 16.0 Å². The summed E-state index contributed by atoms with van der Waals surface area (Å²) in [4.78, 5) is 13.1. The van der Waals surface area contributed by atoms with E-state index in [9.17, 15) is 9.18 Å². The van der Waals surface area contributed by atoms with Crippen LogP contribution in [0.2, 0.25) is 0 Å². The third-order valence-electron chi connectivity index (χ3n) is 3.58. The third kappa shape index (κ3) is 4.53. The van der Waals surface area contributed by atoms with Gasteiger partial charge in [0, 0.05) is 17.6 Å². The van der Waals surface area contributed by atoms with Crippen molar-refractivity contribution in [2.24, 2.45) is 0 Å². The average molecular weight is 335 g/mol. The molecule has 1 fully saturated rings. The van der Waals surface area contributed by atoms with Crippen LogP contribution in [0.15, 0.2) is 35.7 Å². The number of benzene rings is 1. The Hall–Kier alpha value is -1.92. The number of anilines is 1. The summed E-state index contributed by atoms with van der Waals surface area (Å²) in [6.07, 6.45) is 2.32. The summed E-state index contributed by atoms with van der Waals surface area (Å²) >= 11 is 1.51. The first kappa shape index (κ1) is 16.0. The van der Waals surface area contributed by atoms with Crippen molar-refractivity contribution >= 4 is 22.9 Å². The van der Waals surface area contributed by atoms with Gasteiger partial charge in [0.1, 0.15) is 18.2 Å². The summed E-state index contributed by atoms with van der Waals surface area (Å²) in [7, 11) is 0. The molecule has 2 heterocycles. The number of nitrogens with one attached hydrogen (secondary N) is 1. The van der Waals surface area contributed by atoms with E-state index < -0.39 is 5.82 Å². The number of hydrogen-bond donors (Lipinski definition) is 1. The molecule has 0 bridgehead atoms. The minimum atomic E-state index is -0.416. The van der Waals surface area contributed by atoms with Crippen molar-refractivity contribution in [2.75, 3.05) is 18.5 Å². The highest BCUT2D eigenvalue weighted by Gasteiger charge is 2.17. The van der Waals surface area contributed by atoms with Gasteiger partial charge in [0.25, 0.3) is 0 Å². The van der Waals surface area contributed by atoms with Crippen LogP contribution in [0.1, 0.15) is 17.7 Å². The molecule has 122 valence electrons. The van der Waals surface area contributed by atoms with Gasteiger partial charge in [-0.2, -0.15) is 0 Å². The van der Waals surface area contributed by atoms with Gasteiger partial charge in [0.15, 0.2) is 0 Å². The first-order valence-electron chi connectivity index (χ1n) is 7.57. The van der Waals surface area contributed by atoms with Crippen molar-refractivity contribution < 1.29 is 18.7 Å². The molecule has 1 aromatic carbocycles. The van der Waals surface area contributed by atoms with E-state index in [-0.39, 0.29) is 18.4 Å². The van der Waals surface area contributed by atoms with Crippen molar-refractivity contribution in [3.8, 4) is 5.75 Å². The van der Waals surface area contributed by atoms with Gasteiger partial charge in [-0.25, -0.2) is 4.39 Å². The number of amides is 1. The van der Waals surface area contributed by atoms with E-state index in [1.165, 1.54) is 29.5 Å². The molecule has 1 saturated heterocycles. The molecule has 2 aromatic rings. The highest BCUT2D eigenvalue weighted by molar-refractivity contribution is 7.10. The summed E-state index contributed by atoms with van der Waals surface area (Å²) in [5, 5.41) is 4.64. The third-order valence-corrected chi connectivity index (χ3v) is 4.46. The zero-order valence-electron chi connectivity index (χ0n) is 12.6. The predicted molar refractivity (Wildman–Crippen MR) is 87.5 cm³/mol. The molecular formula is C17H18FNO3S. The van der Waals surface area contributed by atoms with E-state index in [4.69, 9.17) is 9.47 Å². The normalized spacial score (nSPS) is 17.2. The fraction of sp³-hybridized carbons (Fsp3) is 0.353. The number of ether oxygens (including phenoxy) is 2. The van der Waals surface area contributed by atoms with Crippen molar-refractivity contribution in [2.45, 2.75) is 25.4 Å². The summed E-state index contributed by atoms with van der Waals surface area (Å²) in [5.74, 6) is -0.151. The van der Waals surface area contributed by atoms with Crippen LogP contribution >= 0.6 is 11.3 Å². The van der Waals surface area contributed by atoms with Crippen LogP contribution < -0.4 is 10.1 Å². The molecule has 1 aliphatic rings. The number of carbonyl (C=O) groups is 1. The lowest BCUT2D eigenvalue weighted by Gasteiger charge is -2.15. The Balaban J connectivity index is 1.64. The highest BCUT2D eigenvalue weighted by Crippen LogP contribution is 2.27. The Bertz CT molecular complexity index is 654. The molecule has 6 heteroatoms. The topological polar surface area (TPSA) is 47.6 Å². The predicted octanol–water partition coefficient (Wildman–Crippen LogP) is 3.63. The van der Waals surface area contributed by atoms with Crippen LogP contribution in [0.3, 0.4) is 0 Å². The molecule has 0 saturated carbocycles. The number of halogens is 1. The summed E-state index contributed by atoms with van der Waals surface area (Å²) < 4.78 is 24.7. The van der Waals surface area contributed by atoms with Crippen molar-refractivity contribution in [3.63, 3.8) is 0 Å². The molecule has 0 radical (unpaired) electrons. The quantitative estimate of drug-likeness (QED) is 0.877. The van der Waals surface area contributed by atoms with E-state index in [2.05, 4.69) is 5.32 Å². The maximum atomic E-state index is 13.5. The number of carbonyl (C=O) groups excluding carboxylic acids is 1. The van der Waals surface area contributed by atoms with Gasteiger partial charge in [0.05, 0.1) is 18.2 Å². The van der Waals surface area contributed by atoms with Crippen LogP contribution in [0.5, 0.6) is 5.75 Å². The second-order valence-corrected chi connectivity index (χ2v) is 6.42. The van der Waals surface area contributed by atoms with Crippen LogP contribution in [0, 0.1) is 5.82 Å². The molecule has 1 aromatic heterocycles. The fourth-order valence-corrected chi connectivity index (χ4v) is 3.15. The first-order valence-corrected chi connectivity index (χ1v) is 8.45. The van der Waals surface area contributed by atoms with E-state index in [1.54, 1.807) is 0 Å². The highest BCUT2D eigenvalue weighted by atomic mass is 32.1. The first-order chi connectivity index (χ1) is 11.2. The largest absolute Gasteiger partial charge is 0.489 e. The molecular weight excluding hydrogens is 317 g/mol. The van der Waals surface area contributed by atoms with Gasteiger partial charge in [-0.1, -0.05) is 6.07 Å². The molecule has 1 atom stereocenters. The number of thiophene rings is 1. The Labute approximate surface area is 138 Å². The van der Waals surface area contributed by atoms with Gasteiger partial charge in [-0.05, 0) is 36.4 Å². The van der Waals surface area contributed by atoms with Gasteiger partial charge in [0.2, 0.25) is 5.91 Å². The fourth-order valence-electron chi connectivity index (χ4n) is 2.45. The standard InChI is InChI=1S/C17H18FNO3S/c18-12-5-6-16(22-11-13-3-1-7-21-13)15(9-12)19-17(20)10-14-4-2-8-23-14/h2,4-6,8-9,13H,1,3,7,10-11H2,(H,19,20)/t13-/m0/s1. The monoisotopic (exact) mass is 335 g/mol. The van der Waals surface area contributed by atoms with Gasteiger partial charge < -0.3 is 14.8 Å². The number of rotatable bonds is 6. The van der Waals surface area contributed by atoms with E-state index in [0.29, 0.717) is 18.0 Å². The summed E-state index contributed by atoms with van der Waals surface area (Å²) in [6.45, 7) is 1.15. The van der Waals surface area contributed by atoms with E-state index in [0.717, 1.165) is 24.3 Å². The zero-order chi connectivity index (χ0) is 16.1. The molecule has 0 unspecified atom stereocenters. The smallest absolute Gasteiger partial charge is 0.229 e. The molecule has 0 aliphatic carbocycles. The lowest BCUT2D eigenvalue weighted by molar-refractivity contribution is -0.115. The Morgan fingerprint density at radius 3 is 3.09 bits per heavy atom. The van der Waals surface area contributed by atoms with Crippen LogP contribution in [0.25, 0.3) is 0 Å². The van der Waals surface area contributed by atoms with Crippen molar-refractivity contribution in [1.82, 2.24) is 0 Å². The van der Waals surface area contributed by atoms with Gasteiger partial charge >= 0.3 is 0 Å². The van der Waals surface area contributed by atoms with Gasteiger partial charge in [-0.15, -0.1) is 11.3 Å². The SMILES string of the molecule is O=C(Cc1cccs1)Nc1cc(F)ccc1OC[C@@H]1CCCO1. The zero-order valence-corrected chi connectivity index (χ0v) is 13.4. The molecule has 1 aliphatic heterocycles. The van der Waals surface area contributed by atoms with Crippen molar-refractivity contribution in [1.29, 1.82) is 0 Å². The molecule has 4 nitrogen and oxygen atoms in total. The van der Waals surface area contributed by atoms with Crippen molar-refractivity contribution in [3.05, 3.63) is 46.4 Å². The van der Waals surface area contributed by atoms with E-state index in [1.807, 2.05) is 17.5 Å². The average Bonchev–Trinajstić information content (AvgIpc) is 3.19.